The first-order valence-electron chi connectivity index (χ1n) is 7.63. The Hall–Kier alpha value is -1.92. The molecule has 0 aliphatic carbocycles. The Morgan fingerprint density at radius 2 is 2.08 bits per heavy atom. The summed E-state index contributed by atoms with van der Waals surface area (Å²) < 4.78 is 24.0. The van der Waals surface area contributed by atoms with Crippen molar-refractivity contribution in [3.05, 3.63) is 18.6 Å². The Balaban J connectivity index is 1.79. The number of aliphatic hydroxyl groups is 2. The van der Waals surface area contributed by atoms with Gasteiger partial charge in [-0.25, -0.2) is 13.7 Å². The van der Waals surface area contributed by atoms with Crippen LogP contribution >= 0.6 is 7.82 Å². The Morgan fingerprint density at radius 1 is 1.35 bits per heavy atom. The van der Waals surface area contributed by atoms with Crippen molar-refractivity contribution >= 4 is 30.5 Å². The minimum absolute atomic E-state index is 0.441. The lowest BCUT2D eigenvalue weighted by Gasteiger charge is -2.17. The van der Waals surface area contributed by atoms with Gasteiger partial charge in [0.15, 0.2) is 12.2 Å². The highest BCUT2D eigenvalue weighted by Gasteiger charge is 2.50. The highest BCUT2D eigenvalue weighted by molar-refractivity contribution is 7.46. The van der Waals surface area contributed by atoms with Crippen molar-refractivity contribution in [1.29, 1.82) is 0 Å². The minimum Gasteiger partial charge on any atom is -0.385 e. The van der Waals surface area contributed by atoms with E-state index in [1.807, 2.05) is 0 Å². The summed E-state index contributed by atoms with van der Waals surface area (Å²) in [6.45, 7) is 1.79. The van der Waals surface area contributed by atoms with Crippen molar-refractivity contribution in [2.75, 3.05) is 12.1 Å². The number of anilines is 1. The summed E-state index contributed by atoms with van der Waals surface area (Å²) in [5.74, 6) is 0.646. The molecule has 0 saturated carbocycles. The van der Waals surface area contributed by atoms with Crippen LogP contribution in [0, 0.1) is 0 Å². The van der Waals surface area contributed by atoms with E-state index in [4.69, 9.17) is 14.5 Å². The molecule has 4 unspecified atom stereocenters. The number of phosphoric acid groups is 1. The summed E-state index contributed by atoms with van der Waals surface area (Å²) in [6.07, 6.45) is -2.84. The van der Waals surface area contributed by atoms with Crippen molar-refractivity contribution in [3.63, 3.8) is 0 Å². The molecule has 2 aliphatic heterocycles. The molecule has 1 fully saturated rings. The topological polar surface area (TPSA) is 154 Å². The van der Waals surface area contributed by atoms with Gasteiger partial charge in [-0.2, -0.15) is 0 Å². The molecule has 0 bridgehead atoms. The van der Waals surface area contributed by atoms with Crippen molar-refractivity contribution in [1.82, 2.24) is 9.55 Å². The Bertz CT molecular complexity index is 956. The lowest BCUT2D eigenvalue weighted by Crippen LogP contribution is -2.46. The molecule has 12 nitrogen and oxygen atoms in total. The number of rotatable bonds is 3. The van der Waals surface area contributed by atoms with Crippen molar-refractivity contribution in [2.45, 2.75) is 31.6 Å². The number of ether oxygens (including phenoxy) is 1. The lowest BCUT2D eigenvalue weighted by atomic mass is 10.2. The number of nitrogens with zero attached hydrogens (tertiary/aromatic N) is 5. The number of hydrogen-bond donors (Lipinski definition) is 4. The van der Waals surface area contributed by atoms with Crippen LogP contribution in [-0.2, 0) is 13.8 Å². The Labute approximate surface area is 146 Å². The molecule has 140 valence electrons. The van der Waals surface area contributed by atoms with Gasteiger partial charge >= 0.3 is 13.5 Å². The Kier molecular flexibility index (Phi) is 3.90. The maximum absolute atomic E-state index is 11.0. The van der Waals surface area contributed by atoms with Gasteiger partial charge in [0.1, 0.15) is 24.1 Å². The minimum atomic E-state index is -4.91. The van der Waals surface area contributed by atoms with E-state index in [0.717, 1.165) is 5.69 Å². The van der Waals surface area contributed by atoms with E-state index in [1.165, 1.54) is 4.57 Å². The highest BCUT2D eigenvalue weighted by Crippen LogP contribution is 2.42. The molecular weight excluding hydrogens is 369 g/mol. The first-order chi connectivity index (χ1) is 12.2. The fraction of sp³-hybridized carbons (Fsp3) is 0.462. The van der Waals surface area contributed by atoms with Gasteiger partial charge in [-0.05, 0) is 0 Å². The third-order valence-corrected chi connectivity index (χ3v) is 4.79. The maximum Gasteiger partial charge on any atom is 0.472 e. The summed E-state index contributed by atoms with van der Waals surface area (Å²) >= 11 is 0. The lowest BCUT2D eigenvalue weighted by molar-refractivity contribution is -0.746. The zero-order valence-corrected chi connectivity index (χ0v) is 14.6. The third kappa shape index (κ3) is 2.63. The number of hydrogen-bond acceptors (Lipinski definition) is 8. The van der Waals surface area contributed by atoms with E-state index in [0.29, 0.717) is 17.0 Å². The van der Waals surface area contributed by atoms with E-state index in [-0.39, 0.29) is 0 Å². The molecule has 4 heterocycles. The predicted molar refractivity (Wildman–Crippen MR) is 85.9 cm³/mol. The van der Waals surface area contributed by atoms with E-state index in [2.05, 4.69) is 14.6 Å². The smallest absolute Gasteiger partial charge is 0.385 e. The van der Waals surface area contributed by atoms with Crippen LogP contribution in [0.4, 0.5) is 5.69 Å². The second-order valence-electron chi connectivity index (χ2n) is 6.04. The van der Waals surface area contributed by atoms with E-state index in [1.54, 1.807) is 42.1 Å². The summed E-state index contributed by atoms with van der Waals surface area (Å²) in [5.41, 5.74) is 1.93. The molecule has 0 amide bonds. The second-order valence-corrected chi connectivity index (χ2v) is 7.23. The van der Waals surface area contributed by atoms with Crippen LogP contribution in [0.5, 0.6) is 0 Å². The molecule has 1 saturated heterocycles. The third-order valence-electron chi connectivity index (χ3n) is 4.31. The largest absolute Gasteiger partial charge is 0.472 e. The number of imidazole rings is 1. The Morgan fingerprint density at radius 3 is 2.77 bits per heavy atom. The fourth-order valence-electron chi connectivity index (χ4n) is 3.18. The molecule has 4 atom stereocenters. The van der Waals surface area contributed by atoms with E-state index in [9.17, 15) is 14.8 Å². The van der Waals surface area contributed by atoms with Crippen molar-refractivity contribution < 1.29 is 38.4 Å². The summed E-state index contributed by atoms with van der Waals surface area (Å²) in [6, 6.07) is 1.78. The van der Waals surface area contributed by atoms with E-state index < -0.39 is 32.5 Å². The normalized spacial score (nSPS) is 28.7. The molecule has 2 aromatic rings. The standard InChI is InChI=1S/C13H16N5O7P/c1-6-15-16(2)7-3-4-14-11-8(7)17(6)5-18(11)12-9(19)10(20)13(24-12)25-26(21,22)23/h3-5,9-10,12-13,19-20H,1-2H3,(H-,21,22,23)/p+1. The molecule has 4 N–H and O–H groups in total. The SMILES string of the molecule is CC1=NN(C)c2ccnc3c2n1c[n+]3C1OC(OP(=O)(O)O)C(O)C1O. The van der Waals surface area contributed by atoms with Gasteiger partial charge in [0.05, 0.1) is 0 Å². The molecule has 13 heteroatoms. The monoisotopic (exact) mass is 386 g/mol. The van der Waals surface area contributed by atoms with Gasteiger partial charge in [0.25, 0.3) is 0 Å². The number of aliphatic hydroxyl groups excluding tert-OH is 2. The summed E-state index contributed by atoms with van der Waals surface area (Å²) in [4.78, 5) is 22.2. The van der Waals surface area contributed by atoms with Crippen LogP contribution in [-0.4, -0.2) is 60.9 Å². The molecule has 0 radical (unpaired) electrons. The second kappa shape index (κ2) is 5.79. The zero-order chi connectivity index (χ0) is 18.8. The number of phosphoric ester groups is 1. The van der Waals surface area contributed by atoms with Gasteiger partial charge in [-0.15, -0.1) is 10.1 Å². The summed E-state index contributed by atoms with van der Waals surface area (Å²) in [7, 11) is -3.13. The zero-order valence-electron chi connectivity index (χ0n) is 13.7. The van der Waals surface area contributed by atoms with Crippen LogP contribution in [0.1, 0.15) is 13.2 Å². The first kappa shape index (κ1) is 17.5. The van der Waals surface area contributed by atoms with Crippen LogP contribution in [0.3, 0.4) is 0 Å². The van der Waals surface area contributed by atoms with E-state index >= 15 is 0 Å². The molecule has 0 aromatic carbocycles. The van der Waals surface area contributed by atoms with Gasteiger partial charge in [0, 0.05) is 20.0 Å². The molecule has 0 spiro atoms. The molecule has 4 rings (SSSR count). The number of aromatic nitrogens is 3. The molecule has 2 aliphatic rings. The van der Waals surface area contributed by atoms with Crippen LogP contribution in [0.25, 0.3) is 11.2 Å². The van der Waals surface area contributed by atoms with Gasteiger partial charge in [0.2, 0.25) is 18.0 Å². The quantitative estimate of drug-likeness (QED) is 0.370. The number of hydrazone groups is 1. The van der Waals surface area contributed by atoms with Gasteiger partial charge in [-0.1, -0.05) is 0 Å². The predicted octanol–water partition coefficient (Wildman–Crippen LogP) is -1.36. The average Bonchev–Trinajstić information content (AvgIpc) is 3.06. The fourth-order valence-corrected chi connectivity index (χ4v) is 3.63. The molecule has 2 aromatic heterocycles. The molecular formula is C13H17N5O7P+. The number of pyridine rings is 1. The van der Waals surface area contributed by atoms with Crippen LogP contribution < -0.4 is 9.58 Å². The highest BCUT2D eigenvalue weighted by atomic mass is 31.2. The van der Waals surface area contributed by atoms with Crippen molar-refractivity contribution in [3.8, 4) is 0 Å². The van der Waals surface area contributed by atoms with Gasteiger partial charge in [-0.3, -0.25) is 9.53 Å². The summed E-state index contributed by atoms with van der Waals surface area (Å²) in [5, 5.41) is 26.4. The maximum atomic E-state index is 11.0. The van der Waals surface area contributed by atoms with Gasteiger partial charge < -0.3 is 24.7 Å². The first-order valence-corrected chi connectivity index (χ1v) is 9.16. The molecule has 26 heavy (non-hydrogen) atoms. The average molecular weight is 386 g/mol. The van der Waals surface area contributed by atoms with Crippen LogP contribution in [0.2, 0.25) is 0 Å². The van der Waals surface area contributed by atoms with Crippen molar-refractivity contribution in [2.24, 2.45) is 5.10 Å². The van der Waals surface area contributed by atoms with Crippen LogP contribution in [0.15, 0.2) is 23.7 Å².